The van der Waals surface area contributed by atoms with Gasteiger partial charge in [0.2, 0.25) is 5.95 Å². The molecule has 0 unspecified atom stereocenters. The highest BCUT2D eigenvalue weighted by atomic mass is 19.1. The van der Waals surface area contributed by atoms with E-state index in [4.69, 9.17) is 4.98 Å². The van der Waals surface area contributed by atoms with Gasteiger partial charge in [-0.15, -0.1) is 0 Å². The number of halogens is 1. The normalized spacial score (nSPS) is 16.6. The second-order valence-corrected chi connectivity index (χ2v) is 8.85. The Hall–Kier alpha value is -3.32. The van der Waals surface area contributed by atoms with Crippen LogP contribution in [0.1, 0.15) is 28.8 Å². The van der Waals surface area contributed by atoms with E-state index in [9.17, 15) is 9.18 Å². The number of benzene rings is 2. The molecule has 7 heteroatoms. The van der Waals surface area contributed by atoms with Gasteiger partial charge in [0, 0.05) is 50.5 Å². The first-order valence-electron chi connectivity index (χ1n) is 11.5. The predicted molar refractivity (Wildman–Crippen MR) is 126 cm³/mol. The number of nitrogens with zero attached hydrogens (tertiary/aromatic N) is 5. The fourth-order valence-electron chi connectivity index (χ4n) is 4.23. The van der Waals surface area contributed by atoms with Gasteiger partial charge in [-0.3, -0.25) is 4.79 Å². The third-order valence-corrected chi connectivity index (χ3v) is 6.37. The Morgan fingerprint density at radius 1 is 1.03 bits per heavy atom. The summed E-state index contributed by atoms with van der Waals surface area (Å²) >= 11 is 0. The zero-order chi connectivity index (χ0) is 22.8. The van der Waals surface area contributed by atoms with Crippen LogP contribution in [0.4, 0.5) is 10.3 Å². The smallest absolute Gasteiger partial charge is 0.258 e. The molecule has 1 saturated heterocycles. The molecule has 0 N–H and O–H groups in total. The molecule has 1 amide bonds. The molecular formula is C26H28FN5O. The van der Waals surface area contributed by atoms with Gasteiger partial charge < -0.3 is 14.7 Å². The quantitative estimate of drug-likeness (QED) is 0.577. The van der Waals surface area contributed by atoms with Crippen LogP contribution < -0.4 is 4.90 Å². The Morgan fingerprint density at radius 2 is 1.73 bits per heavy atom. The van der Waals surface area contributed by atoms with Gasteiger partial charge in [-0.05, 0) is 37.6 Å². The summed E-state index contributed by atoms with van der Waals surface area (Å²) in [6.07, 6.45) is 3.55. The molecule has 33 heavy (non-hydrogen) atoms. The molecule has 0 spiro atoms. The molecule has 1 aliphatic carbocycles. The maximum absolute atomic E-state index is 14.9. The molecule has 1 aliphatic heterocycles. The summed E-state index contributed by atoms with van der Waals surface area (Å²) < 4.78 is 14.9. The van der Waals surface area contributed by atoms with E-state index in [0.717, 1.165) is 44.6 Å². The SMILES string of the molecule is CN1CCN(c2ncc(C(=O)N(Cc3ccccc3)C3CC3)c(-c3ccccc3F)n2)CC1. The molecule has 2 aliphatic rings. The fourth-order valence-corrected chi connectivity index (χ4v) is 4.23. The summed E-state index contributed by atoms with van der Waals surface area (Å²) in [5, 5.41) is 0. The van der Waals surface area contributed by atoms with Crippen LogP contribution in [0.2, 0.25) is 0 Å². The third kappa shape index (κ3) is 4.73. The predicted octanol–water partition coefficient (Wildman–Crippen LogP) is 3.84. The average Bonchev–Trinajstić information content (AvgIpc) is 3.69. The number of rotatable bonds is 6. The highest BCUT2D eigenvalue weighted by Gasteiger charge is 2.35. The zero-order valence-corrected chi connectivity index (χ0v) is 18.8. The second kappa shape index (κ2) is 9.27. The van der Waals surface area contributed by atoms with Crippen LogP contribution in [-0.4, -0.2) is 64.9 Å². The molecule has 2 heterocycles. The van der Waals surface area contributed by atoms with Gasteiger partial charge in [0.15, 0.2) is 0 Å². The van der Waals surface area contributed by atoms with E-state index in [1.165, 1.54) is 6.07 Å². The van der Waals surface area contributed by atoms with Gasteiger partial charge in [0.1, 0.15) is 5.82 Å². The number of amides is 1. The first-order valence-corrected chi connectivity index (χ1v) is 11.5. The van der Waals surface area contributed by atoms with Crippen LogP contribution in [0.5, 0.6) is 0 Å². The summed E-state index contributed by atoms with van der Waals surface area (Å²) in [6, 6.07) is 16.7. The summed E-state index contributed by atoms with van der Waals surface area (Å²) in [6.45, 7) is 3.92. The molecule has 2 fully saturated rings. The minimum absolute atomic E-state index is 0.149. The average molecular weight is 446 g/mol. The number of anilines is 1. The second-order valence-electron chi connectivity index (χ2n) is 8.85. The van der Waals surface area contributed by atoms with Crippen molar-refractivity contribution < 1.29 is 9.18 Å². The molecule has 0 atom stereocenters. The van der Waals surface area contributed by atoms with Gasteiger partial charge >= 0.3 is 0 Å². The van der Waals surface area contributed by atoms with Crippen molar-refractivity contribution in [1.82, 2.24) is 19.8 Å². The van der Waals surface area contributed by atoms with Crippen molar-refractivity contribution in [3.05, 3.63) is 77.7 Å². The van der Waals surface area contributed by atoms with Gasteiger partial charge in [-0.25, -0.2) is 14.4 Å². The first-order chi connectivity index (χ1) is 16.1. The van der Waals surface area contributed by atoms with Crippen LogP contribution in [0.15, 0.2) is 60.8 Å². The maximum atomic E-state index is 14.9. The molecule has 3 aromatic rings. The number of hydrogen-bond acceptors (Lipinski definition) is 5. The molecule has 1 aromatic heterocycles. The number of hydrogen-bond donors (Lipinski definition) is 0. The van der Waals surface area contributed by atoms with Crippen LogP contribution in [0, 0.1) is 5.82 Å². The molecule has 2 aromatic carbocycles. The Morgan fingerprint density at radius 3 is 2.42 bits per heavy atom. The van der Waals surface area contributed by atoms with E-state index in [0.29, 0.717) is 29.3 Å². The molecule has 5 rings (SSSR count). The Labute approximate surface area is 193 Å². The first kappa shape index (κ1) is 21.5. The Bertz CT molecular complexity index is 1130. The van der Waals surface area contributed by atoms with Gasteiger partial charge in [-0.2, -0.15) is 0 Å². The lowest BCUT2D eigenvalue weighted by molar-refractivity contribution is 0.0730. The highest BCUT2D eigenvalue weighted by molar-refractivity contribution is 6.00. The zero-order valence-electron chi connectivity index (χ0n) is 18.8. The number of likely N-dealkylation sites (N-methyl/N-ethyl adjacent to an activating group) is 1. The van der Waals surface area contributed by atoms with Gasteiger partial charge in [0.25, 0.3) is 5.91 Å². The van der Waals surface area contributed by atoms with E-state index in [1.54, 1.807) is 24.4 Å². The van der Waals surface area contributed by atoms with Crippen molar-refractivity contribution in [3.8, 4) is 11.3 Å². The van der Waals surface area contributed by atoms with Crippen molar-refractivity contribution in [2.24, 2.45) is 0 Å². The number of aromatic nitrogens is 2. The van der Waals surface area contributed by atoms with Gasteiger partial charge in [-0.1, -0.05) is 42.5 Å². The molecule has 6 nitrogen and oxygen atoms in total. The lowest BCUT2D eigenvalue weighted by Gasteiger charge is -2.32. The number of carbonyl (C=O) groups excluding carboxylic acids is 1. The lowest BCUT2D eigenvalue weighted by atomic mass is 10.0. The minimum Gasteiger partial charge on any atom is -0.338 e. The minimum atomic E-state index is -0.393. The van der Waals surface area contributed by atoms with Crippen LogP contribution in [0.25, 0.3) is 11.3 Å². The molecule has 0 radical (unpaired) electrons. The Kier molecular flexibility index (Phi) is 6.05. The van der Waals surface area contributed by atoms with Crippen LogP contribution >= 0.6 is 0 Å². The van der Waals surface area contributed by atoms with E-state index in [1.807, 2.05) is 35.2 Å². The molecular weight excluding hydrogens is 417 g/mol. The van der Waals surface area contributed by atoms with Crippen molar-refractivity contribution in [3.63, 3.8) is 0 Å². The molecule has 0 bridgehead atoms. The largest absolute Gasteiger partial charge is 0.338 e. The van der Waals surface area contributed by atoms with Crippen molar-refractivity contribution in [2.75, 3.05) is 38.1 Å². The summed E-state index contributed by atoms with van der Waals surface area (Å²) in [7, 11) is 2.09. The topological polar surface area (TPSA) is 52.6 Å². The highest BCUT2D eigenvalue weighted by Crippen LogP contribution is 2.33. The van der Waals surface area contributed by atoms with Crippen molar-refractivity contribution in [2.45, 2.75) is 25.4 Å². The van der Waals surface area contributed by atoms with Crippen LogP contribution in [0.3, 0.4) is 0 Å². The van der Waals surface area contributed by atoms with E-state index >= 15 is 0 Å². The van der Waals surface area contributed by atoms with Crippen molar-refractivity contribution in [1.29, 1.82) is 0 Å². The van der Waals surface area contributed by atoms with Crippen molar-refractivity contribution >= 4 is 11.9 Å². The monoisotopic (exact) mass is 445 g/mol. The van der Waals surface area contributed by atoms with E-state index in [-0.39, 0.29) is 11.9 Å². The summed E-state index contributed by atoms with van der Waals surface area (Å²) in [5.41, 5.74) is 2.11. The number of carbonyl (C=O) groups is 1. The van der Waals surface area contributed by atoms with E-state index in [2.05, 4.69) is 21.8 Å². The molecule has 170 valence electrons. The fraction of sp³-hybridized carbons (Fsp3) is 0.346. The lowest BCUT2D eigenvalue weighted by Crippen LogP contribution is -2.45. The standard InChI is InChI=1S/C26H28FN5O/c1-30-13-15-31(16-14-30)26-28-17-22(24(29-26)21-9-5-6-10-23(21)27)25(33)32(20-11-12-20)18-19-7-3-2-4-8-19/h2-10,17,20H,11-16,18H2,1H3. The van der Waals surface area contributed by atoms with Crippen LogP contribution in [-0.2, 0) is 6.54 Å². The molecule has 1 saturated carbocycles. The summed E-state index contributed by atoms with van der Waals surface area (Å²) in [5.74, 6) is -0.000855. The number of piperazine rings is 1. The summed E-state index contributed by atoms with van der Waals surface area (Å²) in [4.78, 5) is 29.3. The maximum Gasteiger partial charge on any atom is 0.258 e. The van der Waals surface area contributed by atoms with E-state index < -0.39 is 5.82 Å². The van der Waals surface area contributed by atoms with Gasteiger partial charge in [0.05, 0.1) is 11.3 Å². The third-order valence-electron chi connectivity index (χ3n) is 6.37. The Balaban J connectivity index is 1.52.